The number of amides is 1. The maximum Gasteiger partial charge on any atom is 0.409 e. The van der Waals surface area contributed by atoms with Gasteiger partial charge in [-0.2, -0.15) is 0 Å². The van der Waals surface area contributed by atoms with Gasteiger partial charge in [-0.05, 0) is 39.2 Å². The van der Waals surface area contributed by atoms with E-state index in [1.54, 1.807) is 12.5 Å². The second-order valence-electron chi connectivity index (χ2n) is 7.07. The average molecular weight is 353 g/mol. The number of rotatable bonds is 5. The molecule has 1 amide bonds. The summed E-state index contributed by atoms with van der Waals surface area (Å²) >= 11 is 0. The summed E-state index contributed by atoms with van der Waals surface area (Å²) in [6.45, 7) is 5.52. The third-order valence-corrected chi connectivity index (χ3v) is 3.81. The van der Waals surface area contributed by atoms with E-state index in [9.17, 15) is 4.79 Å². The molecule has 0 spiro atoms. The summed E-state index contributed by atoms with van der Waals surface area (Å²) in [6.07, 6.45) is 5.48. The molecule has 0 radical (unpaired) electrons. The van der Waals surface area contributed by atoms with Crippen molar-refractivity contribution < 1.29 is 9.53 Å². The lowest BCUT2D eigenvalue weighted by Crippen LogP contribution is -2.37. The largest absolute Gasteiger partial charge is 0.444 e. The molecule has 7 nitrogen and oxygen atoms in total. The number of carbonyl (C=O) groups excluding carboxylic acids is 1. The van der Waals surface area contributed by atoms with Gasteiger partial charge in [0.1, 0.15) is 23.6 Å². The van der Waals surface area contributed by atoms with Gasteiger partial charge in [-0.1, -0.05) is 30.3 Å². The molecule has 0 aliphatic carbocycles. The molecule has 0 bridgehead atoms. The van der Waals surface area contributed by atoms with Crippen molar-refractivity contribution in [2.24, 2.45) is 0 Å². The summed E-state index contributed by atoms with van der Waals surface area (Å²) in [7, 11) is 0. The van der Waals surface area contributed by atoms with Crippen LogP contribution >= 0.6 is 0 Å². The smallest absolute Gasteiger partial charge is 0.409 e. The molecular formula is C19H23N5O2. The van der Waals surface area contributed by atoms with Gasteiger partial charge < -0.3 is 10.1 Å². The molecule has 3 aromatic rings. The number of aryl methyl sites for hydroxylation is 1. The summed E-state index contributed by atoms with van der Waals surface area (Å²) in [6, 6.07) is 10.1. The number of alkyl carbamates (subject to hydrolysis) is 1. The normalized spacial score (nSPS) is 12.7. The molecule has 136 valence electrons. The van der Waals surface area contributed by atoms with Gasteiger partial charge in [0.25, 0.3) is 0 Å². The van der Waals surface area contributed by atoms with Crippen molar-refractivity contribution in [2.45, 2.75) is 45.4 Å². The van der Waals surface area contributed by atoms with E-state index in [4.69, 9.17) is 4.74 Å². The van der Waals surface area contributed by atoms with Crippen molar-refractivity contribution in [1.29, 1.82) is 0 Å². The van der Waals surface area contributed by atoms with E-state index in [0.29, 0.717) is 17.6 Å². The minimum Gasteiger partial charge on any atom is -0.444 e. The fraction of sp³-hybridized carbons (Fsp3) is 0.368. The van der Waals surface area contributed by atoms with Gasteiger partial charge >= 0.3 is 6.09 Å². The second kappa shape index (κ2) is 7.51. The van der Waals surface area contributed by atoms with Crippen LogP contribution in [0.1, 0.15) is 38.9 Å². The van der Waals surface area contributed by atoms with Gasteiger partial charge in [0.05, 0.1) is 12.5 Å². The molecule has 2 heterocycles. The molecule has 0 aliphatic rings. The summed E-state index contributed by atoms with van der Waals surface area (Å²) in [5, 5.41) is 2.94. The number of hydrogen-bond donors (Lipinski definition) is 1. The summed E-state index contributed by atoms with van der Waals surface area (Å²) in [5.74, 6) is 0. The van der Waals surface area contributed by atoms with Crippen LogP contribution in [-0.2, 0) is 11.2 Å². The summed E-state index contributed by atoms with van der Waals surface area (Å²) < 4.78 is 7.26. The topological polar surface area (TPSA) is 81.9 Å². The van der Waals surface area contributed by atoms with Gasteiger partial charge in [-0.3, -0.25) is 4.57 Å². The Kier molecular flexibility index (Phi) is 5.16. The Morgan fingerprint density at radius 1 is 1.23 bits per heavy atom. The molecule has 3 rings (SSSR count). The average Bonchev–Trinajstić information content (AvgIpc) is 3.02. The lowest BCUT2D eigenvalue weighted by atomic mass is 10.1. The van der Waals surface area contributed by atoms with Crippen molar-refractivity contribution in [3.63, 3.8) is 0 Å². The van der Waals surface area contributed by atoms with Gasteiger partial charge in [0.15, 0.2) is 5.65 Å². The maximum absolute atomic E-state index is 12.3. The predicted octanol–water partition coefficient (Wildman–Crippen LogP) is 3.48. The number of aromatic nitrogens is 4. The van der Waals surface area contributed by atoms with E-state index < -0.39 is 11.7 Å². The first-order valence-corrected chi connectivity index (χ1v) is 8.58. The molecule has 7 heteroatoms. The second-order valence-corrected chi connectivity index (χ2v) is 7.07. The van der Waals surface area contributed by atoms with E-state index in [1.807, 2.05) is 43.5 Å². The van der Waals surface area contributed by atoms with Crippen LogP contribution in [0, 0.1) is 0 Å². The van der Waals surface area contributed by atoms with Crippen LogP contribution in [0.2, 0.25) is 0 Å². The predicted molar refractivity (Wildman–Crippen MR) is 98.5 cm³/mol. The highest BCUT2D eigenvalue weighted by molar-refractivity contribution is 5.70. The Labute approximate surface area is 152 Å². The third kappa shape index (κ3) is 4.56. The van der Waals surface area contributed by atoms with Crippen LogP contribution in [0.4, 0.5) is 4.79 Å². The molecule has 2 aromatic heterocycles. The molecule has 1 aromatic carbocycles. The Morgan fingerprint density at radius 2 is 2.00 bits per heavy atom. The van der Waals surface area contributed by atoms with E-state index in [2.05, 4.69) is 32.4 Å². The van der Waals surface area contributed by atoms with E-state index in [-0.39, 0.29) is 6.17 Å². The maximum atomic E-state index is 12.3. The van der Waals surface area contributed by atoms with Crippen LogP contribution in [0.5, 0.6) is 0 Å². The van der Waals surface area contributed by atoms with Crippen LogP contribution in [-0.4, -0.2) is 31.2 Å². The molecule has 0 saturated heterocycles. The van der Waals surface area contributed by atoms with Crippen molar-refractivity contribution >= 4 is 17.3 Å². The molecule has 0 saturated carbocycles. The number of hydrogen-bond acceptors (Lipinski definition) is 5. The van der Waals surface area contributed by atoms with Crippen molar-refractivity contribution in [3.8, 4) is 0 Å². The van der Waals surface area contributed by atoms with Crippen LogP contribution in [0.3, 0.4) is 0 Å². The highest BCUT2D eigenvalue weighted by atomic mass is 16.6. The lowest BCUT2D eigenvalue weighted by molar-refractivity contribution is 0.0479. The molecule has 1 N–H and O–H groups in total. The summed E-state index contributed by atoms with van der Waals surface area (Å²) in [5.41, 5.74) is 1.99. The van der Waals surface area contributed by atoms with Gasteiger partial charge in [-0.25, -0.2) is 19.7 Å². The zero-order chi connectivity index (χ0) is 18.6. The molecule has 26 heavy (non-hydrogen) atoms. The van der Waals surface area contributed by atoms with Crippen molar-refractivity contribution in [1.82, 2.24) is 24.8 Å². The first kappa shape index (κ1) is 17.8. The monoisotopic (exact) mass is 353 g/mol. The Hall–Kier alpha value is -2.96. The van der Waals surface area contributed by atoms with Gasteiger partial charge in [-0.15, -0.1) is 0 Å². The lowest BCUT2D eigenvalue weighted by Gasteiger charge is -2.24. The van der Waals surface area contributed by atoms with Crippen LogP contribution in [0.25, 0.3) is 11.2 Å². The number of carbonyl (C=O) groups is 1. The number of fused-ring (bicyclic) bond motifs is 1. The first-order valence-electron chi connectivity index (χ1n) is 8.58. The fourth-order valence-electron chi connectivity index (χ4n) is 2.69. The highest BCUT2D eigenvalue weighted by Gasteiger charge is 2.22. The van der Waals surface area contributed by atoms with Crippen LogP contribution in [0.15, 0.2) is 49.2 Å². The van der Waals surface area contributed by atoms with E-state index in [1.165, 1.54) is 11.9 Å². The van der Waals surface area contributed by atoms with Crippen molar-refractivity contribution in [3.05, 3.63) is 54.7 Å². The quantitative estimate of drug-likeness (QED) is 0.759. The minimum absolute atomic E-state index is 0.329. The minimum atomic E-state index is -0.562. The van der Waals surface area contributed by atoms with Gasteiger partial charge in [0.2, 0.25) is 0 Å². The molecule has 0 fully saturated rings. The number of ether oxygens (including phenoxy) is 1. The number of imidazole rings is 1. The molecule has 1 atom stereocenters. The number of benzene rings is 1. The van der Waals surface area contributed by atoms with Crippen LogP contribution < -0.4 is 5.32 Å². The SMILES string of the molecule is CC(C)(C)OC(=O)NC(CCc1ccccc1)n1cnc2cncnc21. The number of nitrogens with zero attached hydrogens (tertiary/aromatic N) is 4. The van der Waals surface area contributed by atoms with Crippen molar-refractivity contribution in [2.75, 3.05) is 0 Å². The number of nitrogens with one attached hydrogen (secondary N) is 1. The highest BCUT2D eigenvalue weighted by Crippen LogP contribution is 2.19. The molecule has 1 unspecified atom stereocenters. The van der Waals surface area contributed by atoms with Gasteiger partial charge in [0, 0.05) is 0 Å². The first-order chi connectivity index (χ1) is 12.4. The Morgan fingerprint density at radius 3 is 2.73 bits per heavy atom. The third-order valence-electron chi connectivity index (χ3n) is 3.81. The molecule has 0 aliphatic heterocycles. The fourth-order valence-corrected chi connectivity index (χ4v) is 2.69. The van der Waals surface area contributed by atoms with E-state index >= 15 is 0 Å². The Balaban J connectivity index is 1.82. The zero-order valence-electron chi connectivity index (χ0n) is 15.2. The van der Waals surface area contributed by atoms with E-state index in [0.717, 1.165) is 6.42 Å². The standard InChI is InChI=1S/C19H23N5O2/c1-19(2,3)26-18(25)23-16(10-9-14-7-5-4-6-8-14)24-13-22-15-11-20-12-21-17(15)24/h4-8,11-13,16H,9-10H2,1-3H3,(H,23,25). The summed E-state index contributed by atoms with van der Waals surface area (Å²) in [4.78, 5) is 24.9. The molecular weight excluding hydrogens is 330 g/mol. The zero-order valence-corrected chi connectivity index (χ0v) is 15.2. The Bertz CT molecular complexity index is 870.